The van der Waals surface area contributed by atoms with E-state index in [4.69, 9.17) is 4.98 Å². The summed E-state index contributed by atoms with van der Waals surface area (Å²) < 4.78 is 0. The van der Waals surface area contributed by atoms with Gasteiger partial charge in [-0.15, -0.1) is 0 Å². The smallest absolute Gasteiger partial charge is 0.163 e. The second kappa shape index (κ2) is 4.34. The molecule has 0 spiro atoms. The number of nitrogens with zero attached hydrogens (tertiary/aromatic N) is 2. The summed E-state index contributed by atoms with van der Waals surface area (Å²) in [4.78, 5) is 12.7. The van der Waals surface area contributed by atoms with E-state index in [0.717, 1.165) is 33.9 Å². The van der Waals surface area contributed by atoms with E-state index in [9.17, 15) is 0 Å². The van der Waals surface area contributed by atoms with Crippen molar-refractivity contribution in [1.82, 2.24) is 15.0 Å². The van der Waals surface area contributed by atoms with Crippen LogP contribution in [0.15, 0.2) is 36.4 Å². The van der Waals surface area contributed by atoms with Crippen LogP contribution >= 0.6 is 0 Å². The first kappa shape index (κ1) is 11.5. The minimum absolute atomic E-state index is 0.576. The lowest BCUT2D eigenvalue weighted by Crippen LogP contribution is -2.05. The van der Waals surface area contributed by atoms with E-state index in [1.165, 1.54) is 12.8 Å². The average Bonchev–Trinajstić information content (AvgIpc) is 3.19. The molecule has 0 unspecified atom stereocenters. The van der Waals surface area contributed by atoms with E-state index in [1.54, 1.807) is 0 Å². The second-order valence-electron chi connectivity index (χ2n) is 5.40. The van der Waals surface area contributed by atoms with Crippen LogP contribution in [0.4, 0.5) is 5.82 Å². The molecule has 1 fully saturated rings. The molecule has 100 valence electrons. The number of hydrogen-bond acceptors (Lipinski definition) is 3. The lowest BCUT2D eigenvalue weighted by Gasteiger charge is -2.07. The van der Waals surface area contributed by atoms with Crippen LogP contribution in [0, 0.1) is 6.92 Å². The summed E-state index contributed by atoms with van der Waals surface area (Å²) in [6.45, 7) is 2.05. The van der Waals surface area contributed by atoms with Gasteiger partial charge >= 0.3 is 0 Å². The van der Waals surface area contributed by atoms with Crippen molar-refractivity contribution in [3.8, 4) is 11.4 Å². The number of benzene rings is 1. The number of aromatic amines is 1. The van der Waals surface area contributed by atoms with Gasteiger partial charge in [0.1, 0.15) is 11.5 Å². The van der Waals surface area contributed by atoms with E-state index < -0.39 is 0 Å². The van der Waals surface area contributed by atoms with Gasteiger partial charge in [0.2, 0.25) is 0 Å². The molecule has 0 radical (unpaired) electrons. The third-order valence-electron chi connectivity index (χ3n) is 3.57. The van der Waals surface area contributed by atoms with Gasteiger partial charge in [0.15, 0.2) is 5.82 Å². The molecule has 2 heterocycles. The highest BCUT2D eigenvalue weighted by Gasteiger charge is 2.23. The SMILES string of the molecule is Cc1cc2c(NC3CC3)nc(-c3ccccc3)nc2[nH]1. The Hall–Kier alpha value is -2.36. The van der Waals surface area contributed by atoms with Crippen LogP contribution in [-0.4, -0.2) is 21.0 Å². The zero-order valence-corrected chi connectivity index (χ0v) is 11.4. The number of aromatic nitrogens is 3. The maximum absolute atomic E-state index is 4.72. The van der Waals surface area contributed by atoms with E-state index in [-0.39, 0.29) is 0 Å². The van der Waals surface area contributed by atoms with Crippen LogP contribution in [0.25, 0.3) is 22.4 Å². The van der Waals surface area contributed by atoms with E-state index >= 15 is 0 Å². The highest BCUT2D eigenvalue weighted by Crippen LogP contribution is 2.30. The minimum Gasteiger partial charge on any atom is -0.367 e. The summed E-state index contributed by atoms with van der Waals surface area (Å²) in [6, 6.07) is 12.8. The topological polar surface area (TPSA) is 53.6 Å². The summed E-state index contributed by atoms with van der Waals surface area (Å²) in [6.07, 6.45) is 2.46. The number of fused-ring (bicyclic) bond motifs is 1. The standard InChI is InChI=1S/C16H16N4/c1-10-9-13-15(17-10)19-14(11-5-3-2-4-6-11)20-16(13)18-12-7-8-12/h2-6,9,12H,7-8H2,1H3,(H2,17,18,19,20). The first-order valence-electron chi connectivity index (χ1n) is 6.99. The Morgan fingerprint density at radius 1 is 1.15 bits per heavy atom. The highest BCUT2D eigenvalue weighted by molar-refractivity contribution is 5.89. The predicted molar refractivity (Wildman–Crippen MR) is 80.7 cm³/mol. The fourth-order valence-electron chi connectivity index (χ4n) is 2.39. The zero-order valence-electron chi connectivity index (χ0n) is 11.4. The maximum atomic E-state index is 4.72. The van der Waals surface area contributed by atoms with Crippen LogP contribution in [-0.2, 0) is 0 Å². The molecular formula is C16H16N4. The first-order chi connectivity index (χ1) is 9.79. The van der Waals surface area contributed by atoms with E-state index in [2.05, 4.69) is 21.4 Å². The first-order valence-corrected chi connectivity index (χ1v) is 6.99. The van der Waals surface area contributed by atoms with Gasteiger partial charge < -0.3 is 10.3 Å². The van der Waals surface area contributed by atoms with Crippen molar-refractivity contribution in [2.75, 3.05) is 5.32 Å². The molecule has 1 aliphatic rings. The fraction of sp³-hybridized carbons (Fsp3) is 0.250. The normalized spacial score (nSPS) is 14.7. The summed E-state index contributed by atoms with van der Waals surface area (Å²) in [5.41, 5.74) is 3.05. The molecule has 4 rings (SSSR count). The van der Waals surface area contributed by atoms with Crippen LogP contribution in [0.3, 0.4) is 0 Å². The molecule has 4 heteroatoms. The lowest BCUT2D eigenvalue weighted by atomic mass is 10.2. The monoisotopic (exact) mass is 264 g/mol. The molecule has 1 aromatic carbocycles. The average molecular weight is 264 g/mol. The molecule has 2 N–H and O–H groups in total. The number of hydrogen-bond donors (Lipinski definition) is 2. The Kier molecular flexibility index (Phi) is 2.49. The summed E-state index contributed by atoms with van der Waals surface area (Å²) in [5.74, 6) is 1.71. The van der Waals surface area contributed by atoms with Gasteiger partial charge in [-0.3, -0.25) is 0 Å². The Balaban J connectivity index is 1.89. The lowest BCUT2D eigenvalue weighted by molar-refractivity contribution is 1.10. The van der Waals surface area contributed by atoms with Crippen molar-refractivity contribution in [2.45, 2.75) is 25.8 Å². The summed E-state index contributed by atoms with van der Waals surface area (Å²) in [7, 11) is 0. The molecule has 0 bridgehead atoms. The third-order valence-corrected chi connectivity index (χ3v) is 3.57. The molecule has 0 aliphatic heterocycles. The van der Waals surface area contributed by atoms with Gasteiger partial charge in [-0.2, -0.15) is 0 Å². The maximum Gasteiger partial charge on any atom is 0.163 e. The third kappa shape index (κ3) is 2.03. The van der Waals surface area contributed by atoms with Gasteiger partial charge in [-0.25, -0.2) is 9.97 Å². The van der Waals surface area contributed by atoms with Gasteiger partial charge in [0, 0.05) is 17.3 Å². The van der Waals surface area contributed by atoms with Gasteiger partial charge in [0.05, 0.1) is 5.39 Å². The summed E-state index contributed by atoms with van der Waals surface area (Å²) >= 11 is 0. The largest absolute Gasteiger partial charge is 0.367 e. The molecule has 0 saturated heterocycles. The van der Waals surface area contributed by atoms with E-state index in [0.29, 0.717) is 6.04 Å². The minimum atomic E-state index is 0.576. The molecule has 3 aromatic rings. The number of aryl methyl sites for hydroxylation is 1. The van der Waals surface area contributed by atoms with Crippen molar-refractivity contribution in [2.24, 2.45) is 0 Å². The Labute approximate surface area is 117 Å². The van der Waals surface area contributed by atoms with Crippen molar-refractivity contribution in [1.29, 1.82) is 0 Å². The molecule has 1 saturated carbocycles. The second-order valence-corrected chi connectivity index (χ2v) is 5.40. The molecule has 4 nitrogen and oxygen atoms in total. The van der Waals surface area contributed by atoms with Crippen LogP contribution in [0.1, 0.15) is 18.5 Å². The molecule has 2 aromatic heterocycles. The Morgan fingerprint density at radius 3 is 2.70 bits per heavy atom. The Morgan fingerprint density at radius 2 is 1.95 bits per heavy atom. The number of nitrogens with one attached hydrogen (secondary N) is 2. The molecule has 0 atom stereocenters. The zero-order chi connectivity index (χ0) is 13.5. The predicted octanol–water partition coefficient (Wildman–Crippen LogP) is 3.51. The quantitative estimate of drug-likeness (QED) is 0.761. The van der Waals surface area contributed by atoms with Crippen molar-refractivity contribution in [3.05, 3.63) is 42.1 Å². The molecule has 20 heavy (non-hydrogen) atoms. The molecular weight excluding hydrogens is 248 g/mol. The fourth-order valence-corrected chi connectivity index (χ4v) is 2.39. The van der Waals surface area contributed by atoms with Crippen LogP contribution < -0.4 is 5.32 Å². The van der Waals surface area contributed by atoms with Crippen molar-refractivity contribution >= 4 is 16.9 Å². The van der Waals surface area contributed by atoms with E-state index in [1.807, 2.05) is 37.3 Å². The van der Waals surface area contributed by atoms with Crippen LogP contribution in [0.2, 0.25) is 0 Å². The van der Waals surface area contributed by atoms with Gasteiger partial charge in [0.25, 0.3) is 0 Å². The van der Waals surface area contributed by atoms with Gasteiger partial charge in [-0.1, -0.05) is 30.3 Å². The molecule has 0 amide bonds. The number of rotatable bonds is 3. The van der Waals surface area contributed by atoms with Crippen LogP contribution in [0.5, 0.6) is 0 Å². The highest BCUT2D eigenvalue weighted by atomic mass is 15.1. The Bertz CT molecular complexity index is 757. The number of anilines is 1. The van der Waals surface area contributed by atoms with Crippen molar-refractivity contribution in [3.63, 3.8) is 0 Å². The number of H-pyrrole nitrogens is 1. The summed E-state index contributed by atoms with van der Waals surface area (Å²) in [5, 5.41) is 4.59. The molecule has 1 aliphatic carbocycles. The van der Waals surface area contributed by atoms with Gasteiger partial charge in [-0.05, 0) is 25.8 Å². The van der Waals surface area contributed by atoms with Crippen molar-refractivity contribution < 1.29 is 0 Å².